The summed E-state index contributed by atoms with van der Waals surface area (Å²) >= 11 is 13.1. The van der Waals surface area contributed by atoms with Crippen molar-refractivity contribution in [3.63, 3.8) is 0 Å². The zero-order chi connectivity index (χ0) is 28.7. The summed E-state index contributed by atoms with van der Waals surface area (Å²) < 4.78 is 34.7. The summed E-state index contributed by atoms with van der Waals surface area (Å²) in [6.45, 7) is 5.07. The lowest BCUT2D eigenvalue weighted by Crippen LogP contribution is -2.15. The zero-order valence-corrected chi connectivity index (χ0v) is 24.5. The van der Waals surface area contributed by atoms with Gasteiger partial charge in [-0.3, -0.25) is 8.78 Å². The van der Waals surface area contributed by atoms with E-state index < -0.39 is 27.3 Å². The van der Waals surface area contributed by atoms with Crippen molar-refractivity contribution < 1.29 is 23.2 Å². The SMILES string of the molecule is CCOC(=O)c1ccc(-c2ccc(-n3cc(C(C)(C)O)nc3-c3c(F)cccc3Cl)c(Cl)c2)cc1[SH](C)(C)=O. The minimum absolute atomic E-state index is 0.0793. The van der Waals surface area contributed by atoms with E-state index in [9.17, 15) is 18.5 Å². The summed E-state index contributed by atoms with van der Waals surface area (Å²) in [5.74, 6) is -0.913. The number of esters is 1. The number of imidazole rings is 1. The first-order chi connectivity index (χ1) is 18.2. The van der Waals surface area contributed by atoms with Crippen molar-refractivity contribution in [2.75, 3.05) is 19.1 Å². The molecule has 0 aliphatic carbocycles. The van der Waals surface area contributed by atoms with E-state index in [0.29, 0.717) is 32.4 Å². The number of thiol groups is 1. The fraction of sp³-hybridized carbons (Fsp3) is 0.241. The normalized spacial score (nSPS) is 12.4. The molecule has 0 spiro atoms. The second-order valence-corrected chi connectivity index (χ2v) is 13.9. The Hall–Kier alpha value is -3.04. The summed E-state index contributed by atoms with van der Waals surface area (Å²) in [5, 5.41) is 11.1. The van der Waals surface area contributed by atoms with Gasteiger partial charge in [0.15, 0.2) is 0 Å². The molecule has 1 aromatic heterocycles. The number of rotatable bonds is 7. The molecule has 0 radical (unpaired) electrons. The third kappa shape index (κ3) is 5.94. The van der Waals surface area contributed by atoms with Crippen LogP contribution in [0.3, 0.4) is 0 Å². The number of aliphatic hydroxyl groups is 1. The van der Waals surface area contributed by atoms with Gasteiger partial charge in [-0.25, -0.2) is 14.2 Å². The molecule has 4 rings (SSSR count). The largest absolute Gasteiger partial charge is 0.462 e. The van der Waals surface area contributed by atoms with Crippen LogP contribution >= 0.6 is 23.2 Å². The van der Waals surface area contributed by atoms with E-state index in [2.05, 4.69) is 4.98 Å². The highest BCUT2D eigenvalue weighted by Gasteiger charge is 2.26. The van der Waals surface area contributed by atoms with Crippen molar-refractivity contribution in [2.24, 2.45) is 0 Å². The fourth-order valence-electron chi connectivity index (χ4n) is 4.17. The first-order valence-corrected chi connectivity index (χ1v) is 15.5. The Bertz CT molecular complexity index is 1600. The van der Waals surface area contributed by atoms with Gasteiger partial charge in [-0.1, -0.05) is 51.3 Å². The summed E-state index contributed by atoms with van der Waals surface area (Å²) in [4.78, 5) is 17.4. The third-order valence-corrected chi connectivity index (χ3v) is 8.28. The van der Waals surface area contributed by atoms with E-state index in [-0.39, 0.29) is 28.6 Å². The van der Waals surface area contributed by atoms with Gasteiger partial charge in [0.25, 0.3) is 0 Å². The summed E-state index contributed by atoms with van der Waals surface area (Å²) in [5.41, 5.74) is 1.24. The molecule has 0 amide bonds. The predicted octanol–water partition coefficient (Wildman–Crippen LogP) is 6.69. The maximum absolute atomic E-state index is 14.9. The van der Waals surface area contributed by atoms with Crippen LogP contribution in [-0.2, 0) is 20.3 Å². The number of carbonyl (C=O) groups is 1. The Labute approximate surface area is 237 Å². The van der Waals surface area contributed by atoms with Crippen LogP contribution in [0.4, 0.5) is 4.39 Å². The van der Waals surface area contributed by atoms with E-state index in [0.717, 1.165) is 0 Å². The molecule has 10 heteroatoms. The Balaban J connectivity index is 1.86. The molecule has 0 bridgehead atoms. The van der Waals surface area contributed by atoms with E-state index in [4.69, 9.17) is 27.9 Å². The minimum Gasteiger partial charge on any atom is -0.462 e. The molecular formula is C29H29Cl2FN2O4S. The number of hydrogen-bond donors (Lipinski definition) is 2. The van der Waals surface area contributed by atoms with Crippen molar-refractivity contribution >= 4 is 39.1 Å². The minimum atomic E-state index is -2.83. The highest BCUT2D eigenvalue weighted by atomic mass is 35.5. The molecule has 0 saturated carbocycles. The average molecular weight is 592 g/mol. The van der Waals surface area contributed by atoms with Crippen molar-refractivity contribution in [1.29, 1.82) is 0 Å². The highest BCUT2D eigenvalue weighted by Crippen LogP contribution is 2.37. The average Bonchev–Trinajstić information content (AvgIpc) is 3.28. The number of halogens is 3. The van der Waals surface area contributed by atoms with Crippen LogP contribution in [0.15, 0.2) is 65.7 Å². The van der Waals surface area contributed by atoms with Crippen LogP contribution in [0.5, 0.6) is 0 Å². The van der Waals surface area contributed by atoms with Crippen LogP contribution in [-0.4, -0.2) is 44.0 Å². The first-order valence-electron chi connectivity index (χ1n) is 12.2. The Morgan fingerprint density at radius 3 is 2.33 bits per heavy atom. The lowest BCUT2D eigenvalue weighted by atomic mass is 10.0. The molecule has 3 aromatic carbocycles. The molecular weight excluding hydrogens is 562 g/mol. The molecule has 0 unspecified atom stereocenters. The standard InChI is InChI=1S/C29H29Cl2FN2O4S/c1-6-38-28(35)19-12-10-18(15-24(19)39(4,5)37)17-11-13-23(21(31)14-17)34-16-25(29(2,3)36)33-27(34)26-20(30)8-7-9-22(26)32/h7-16,36,39H,6H2,1-5H3. The van der Waals surface area contributed by atoms with Crippen LogP contribution in [0, 0.1) is 5.82 Å². The van der Waals surface area contributed by atoms with Gasteiger partial charge >= 0.3 is 5.97 Å². The summed E-state index contributed by atoms with van der Waals surface area (Å²) in [7, 11) is -2.83. The van der Waals surface area contributed by atoms with Gasteiger partial charge in [-0.05, 0) is 80.8 Å². The second kappa shape index (κ2) is 10.8. The van der Waals surface area contributed by atoms with Gasteiger partial charge in [-0.2, -0.15) is 0 Å². The molecule has 1 heterocycles. The van der Waals surface area contributed by atoms with Crippen molar-refractivity contribution in [1.82, 2.24) is 9.55 Å². The van der Waals surface area contributed by atoms with Gasteiger partial charge < -0.3 is 9.84 Å². The molecule has 39 heavy (non-hydrogen) atoms. The first kappa shape index (κ1) is 29.0. The van der Waals surface area contributed by atoms with Crippen LogP contribution < -0.4 is 0 Å². The number of aromatic nitrogens is 2. The molecule has 6 nitrogen and oxygen atoms in total. The van der Waals surface area contributed by atoms with Crippen molar-refractivity contribution in [3.8, 4) is 28.2 Å². The predicted molar refractivity (Wildman–Crippen MR) is 155 cm³/mol. The Kier molecular flexibility index (Phi) is 8.06. The number of benzene rings is 3. The smallest absolute Gasteiger partial charge is 0.339 e. The van der Waals surface area contributed by atoms with E-state index in [1.165, 1.54) is 12.1 Å². The van der Waals surface area contributed by atoms with Crippen LogP contribution in [0.1, 0.15) is 36.8 Å². The van der Waals surface area contributed by atoms with Crippen molar-refractivity contribution in [3.05, 3.63) is 87.9 Å². The van der Waals surface area contributed by atoms with Crippen molar-refractivity contribution in [2.45, 2.75) is 31.3 Å². The number of ether oxygens (including phenoxy) is 1. The molecule has 206 valence electrons. The molecule has 0 aliphatic rings. The molecule has 0 fully saturated rings. The summed E-state index contributed by atoms with van der Waals surface area (Å²) in [6, 6.07) is 14.7. The molecule has 1 N–H and O–H groups in total. The quantitative estimate of drug-likeness (QED) is 0.185. The van der Waals surface area contributed by atoms with Gasteiger partial charge in [-0.15, -0.1) is 0 Å². The highest BCUT2D eigenvalue weighted by molar-refractivity contribution is 8.01. The van der Waals surface area contributed by atoms with Gasteiger partial charge in [0.1, 0.15) is 17.2 Å². The molecule has 0 atom stereocenters. The number of carbonyl (C=O) groups excluding carboxylic acids is 1. The molecule has 0 aliphatic heterocycles. The van der Waals surface area contributed by atoms with Gasteiger partial charge in [0.05, 0.1) is 39.2 Å². The maximum atomic E-state index is 14.9. The number of hydrogen-bond acceptors (Lipinski definition) is 5. The monoisotopic (exact) mass is 590 g/mol. The van der Waals surface area contributed by atoms with E-state index in [1.54, 1.807) is 86.5 Å². The van der Waals surface area contributed by atoms with E-state index in [1.807, 2.05) is 0 Å². The second-order valence-electron chi connectivity index (χ2n) is 9.94. The summed E-state index contributed by atoms with van der Waals surface area (Å²) in [6.07, 6.45) is 4.79. The zero-order valence-electron chi connectivity index (χ0n) is 22.1. The molecule has 4 aromatic rings. The maximum Gasteiger partial charge on any atom is 0.339 e. The number of nitrogens with zero attached hydrogens (tertiary/aromatic N) is 2. The Morgan fingerprint density at radius 2 is 1.74 bits per heavy atom. The topological polar surface area (TPSA) is 81.4 Å². The van der Waals surface area contributed by atoms with Crippen LogP contribution in [0.2, 0.25) is 10.0 Å². The third-order valence-electron chi connectivity index (χ3n) is 6.13. The van der Waals surface area contributed by atoms with Crippen LogP contribution in [0.25, 0.3) is 28.2 Å². The molecule has 0 saturated heterocycles. The Morgan fingerprint density at radius 1 is 1.08 bits per heavy atom. The van der Waals surface area contributed by atoms with Gasteiger partial charge in [0, 0.05) is 11.1 Å². The lowest BCUT2D eigenvalue weighted by molar-refractivity contribution is 0.0522. The van der Waals surface area contributed by atoms with Gasteiger partial charge in [0.2, 0.25) is 0 Å². The fourth-order valence-corrected chi connectivity index (χ4v) is 5.88. The van der Waals surface area contributed by atoms with E-state index >= 15 is 0 Å². The lowest BCUT2D eigenvalue weighted by Gasteiger charge is -2.18.